The number of methoxy groups -OCH3 is 1. The molecule has 0 radical (unpaired) electrons. The number of nitrogens with one attached hydrogen (secondary N) is 1. The summed E-state index contributed by atoms with van der Waals surface area (Å²) in [5.41, 5.74) is 0. The smallest absolute Gasteiger partial charge is 0.305 e. The van der Waals surface area contributed by atoms with Crippen LogP contribution < -0.4 is 4.72 Å². The van der Waals surface area contributed by atoms with Gasteiger partial charge in [-0.2, -0.15) is 0 Å². The molecule has 0 aromatic carbocycles. The van der Waals surface area contributed by atoms with Crippen molar-refractivity contribution >= 4 is 16.0 Å². The molecule has 0 aromatic heterocycles. The van der Waals surface area contributed by atoms with E-state index in [-0.39, 0.29) is 30.6 Å². The Balaban J connectivity index is 2.36. The molecule has 7 heteroatoms. The SMILES string of the molecule is COC(=O)CCCS(=O)(=O)N[C@H](C)CN1C[C@H](C)C[C@@H](C)C1. The molecule has 0 saturated carbocycles. The molecule has 1 aliphatic heterocycles. The second-order valence-corrected chi connectivity index (χ2v) is 8.56. The highest BCUT2D eigenvalue weighted by Crippen LogP contribution is 2.20. The fourth-order valence-corrected chi connectivity index (χ4v) is 4.57. The second kappa shape index (κ2) is 8.84. The van der Waals surface area contributed by atoms with Gasteiger partial charge in [-0.3, -0.25) is 4.79 Å². The summed E-state index contributed by atoms with van der Waals surface area (Å²) in [6.45, 7) is 9.15. The fraction of sp³-hybridized carbons (Fsp3) is 0.933. The van der Waals surface area contributed by atoms with Gasteiger partial charge in [0.05, 0.1) is 12.9 Å². The number of hydrogen-bond donors (Lipinski definition) is 1. The molecular formula is C15H30N2O4S. The van der Waals surface area contributed by atoms with Crippen LogP contribution in [0.5, 0.6) is 0 Å². The van der Waals surface area contributed by atoms with Crippen molar-refractivity contribution in [1.29, 1.82) is 0 Å². The number of nitrogens with zero attached hydrogens (tertiary/aromatic N) is 1. The van der Waals surface area contributed by atoms with Crippen LogP contribution in [0.1, 0.15) is 40.0 Å². The van der Waals surface area contributed by atoms with Gasteiger partial charge in [0.15, 0.2) is 0 Å². The summed E-state index contributed by atoms with van der Waals surface area (Å²) in [6.07, 6.45) is 1.66. The van der Waals surface area contributed by atoms with E-state index in [1.54, 1.807) is 0 Å². The van der Waals surface area contributed by atoms with E-state index in [1.807, 2.05) is 6.92 Å². The fourth-order valence-electron chi connectivity index (χ4n) is 3.24. The van der Waals surface area contributed by atoms with Crippen molar-refractivity contribution < 1.29 is 17.9 Å². The first-order valence-electron chi connectivity index (χ1n) is 8.01. The Hall–Kier alpha value is -0.660. The van der Waals surface area contributed by atoms with Gasteiger partial charge in [0.25, 0.3) is 0 Å². The van der Waals surface area contributed by atoms with Crippen LogP contribution in [0.25, 0.3) is 0 Å². The van der Waals surface area contributed by atoms with E-state index in [0.717, 1.165) is 19.6 Å². The lowest BCUT2D eigenvalue weighted by Crippen LogP contribution is -2.47. The van der Waals surface area contributed by atoms with Gasteiger partial charge < -0.3 is 9.64 Å². The molecule has 3 atom stereocenters. The molecule has 1 saturated heterocycles. The number of hydrogen-bond acceptors (Lipinski definition) is 5. The summed E-state index contributed by atoms with van der Waals surface area (Å²) in [7, 11) is -2.04. The average molecular weight is 334 g/mol. The summed E-state index contributed by atoms with van der Waals surface area (Å²) < 4.78 is 31.2. The van der Waals surface area contributed by atoms with Gasteiger partial charge >= 0.3 is 5.97 Å². The summed E-state index contributed by atoms with van der Waals surface area (Å²) in [4.78, 5) is 13.3. The zero-order chi connectivity index (χ0) is 16.8. The van der Waals surface area contributed by atoms with Crippen molar-refractivity contribution in [2.45, 2.75) is 46.1 Å². The largest absolute Gasteiger partial charge is 0.469 e. The van der Waals surface area contributed by atoms with Crippen LogP contribution in [0.15, 0.2) is 0 Å². The maximum absolute atomic E-state index is 12.0. The number of esters is 1. The molecule has 1 fully saturated rings. The molecule has 1 N–H and O–H groups in total. The van der Waals surface area contributed by atoms with Gasteiger partial charge in [-0.25, -0.2) is 13.1 Å². The number of piperidine rings is 1. The van der Waals surface area contributed by atoms with Gasteiger partial charge in [-0.15, -0.1) is 0 Å². The van der Waals surface area contributed by atoms with Crippen LogP contribution in [0.4, 0.5) is 0 Å². The molecule has 0 bridgehead atoms. The highest BCUT2D eigenvalue weighted by molar-refractivity contribution is 7.89. The van der Waals surface area contributed by atoms with E-state index >= 15 is 0 Å². The van der Waals surface area contributed by atoms with E-state index in [4.69, 9.17) is 0 Å². The van der Waals surface area contributed by atoms with Crippen molar-refractivity contribution in [2.75, 3.05) is 32.5 Å². The monoisotopic (exact) mass is 334 g/mol. The van der Waals surface area contributed by atoms with E-state index in [2.05, 4.69) is 28.2 Å². The summed E-state index contributed by atoms with van der Waals surface area (Å²) in [6, 6.07) is -0.124. The molecule has 0 aliphatic carbocycles. The Morgan fingerprint density at radius 3 is 2.45 bits per heavy atom. The number of ether oxygens (including phenoxy) is 1. The zero-order valence-corrected chi connectivity index (χ0v) is 15.0. The summed E-state index contributed by atoms with van der Waals surface area (Å²) in [5.74, 6) is 0.902. The minimum absolute atomic E-state index is 0.0424. The van der Waals surface area contributed by atoms with E-state index in [0.29, 0.717) is 11.8 Å². The Morgan fingerprint density at radius 2 is 1.91 bits per heavy atom. The minimum Gasteiger partial charge on any atom is -0.469 e. The molecule has 6 nitrogen and oxygen atoms in total. The molecule has 1 heterocycles. The Bertz CT molecular complexity index is 442. The first kappa shape index (κ1) is 19.4. The second-order valence-electron chi connectivity index (χ2n) is 6.68. The lowest BCUT2D eigenvalue weighted by Gasteiger charge is -2.36. The van der Waals surface area contributed by atoms with Gasteiger partial charge in [-0.05, 0) is 31.6 Å². The number of rotatable bonds is 8. The van der Waals surface area contributed by atoms with Gasteiger partial charge in [0.1, 0.15) is 0 Å². The average Bonchev–Trinajstić information content (AvgIpc) is 2.35. The van der Waals surface area contributed by atoms with E-state index < -0.39 is 10.0 Å². The number of likely N-dealkylation sites (tertiary alicyclic amines) is 1. The predicted octanol–water partition coefficient (Wildman–Crippen LogP) is 1.23. The molecule has 0 amide bonds. The maximum Gasteiger partial charge on any atom is 0.305 e. The van der Waals surface area contributed by atoms with Crippen molar-refractivity contribution in [1.82, 2.24) is 9.62 Å². The summed E-state index contributed by atoms with van der Waals surface area (Å²) >= 11 is 0. The molecule has 22 heavy (non-hydrogen) atoms. The zero-order valence-electron chi connectivity index (χ0n) is 14.2. The predicted molar refractivity (Wildman–Crippen MR) is 87.0 cm³/mol. The van der Waals surface area contributed by atoms with Crippen LogP contribution in [-0.2, 0) is 19.6 Å². The Labute approximate surface area is 134 Å². The van der Waals surface area contributed by atoms with Crippen LogP contribution in [-0.4, -0.2) is 57.8 Å². The third kappa shape index (κ3) is 7.56. The molecule has 0 unspecified atom stereocenters. The highest BCUT2D eigenvalue weighted by Gasteiger charge is 2.24. The third-order valence-corrected chi connectivity index (χ3v) is 5.47. The van der Waals surface area contributed by atoms with Crippen molar-refractivity contribution in [2.24, 2.45) is 11.8 Å². The summed E-state index contributed by atoms with van der Waals surface area (Å²) in [5, 5.41) is 0. The molecule has 130 valence electrons. The Morgan fingerprint density at radius 1 is 1.32 bits per heavy atom. The molecule has 1 aliphatic rings. The van der Waals surface area contributed by atoms with Gasteiger partial charge in [0.2, 0.25) is 10.0 Å². The number of carbonyl (C=O) groups excluding carboxylic acids is 1. The molecular weight excluding hydrogens is 304 g/mol. The topological polar surface area (TPSA) is 75.7 Å². The maximum atomic E-state index is 12.0. The lowest BCUT2D eigenvalue weighted by molar-refractivity contribution is -0.140. The van der Waals surface area contributed by atoms with Gasteiger partial charge in [0, 0.05) is 32.1 Å². The van der Waals surface area contributed by atoms with Crippen LogP contribution >= 0.6 is 0 Å². The first-order valence-corrected chi connectivity index (χ1v) is 9.66. The van der Waals surface area contributed by atoms with Crippen molar-refractivity contribution in [3.05, 3.63) is 0 Å². The Kier molecular flexibility index (Phi) is 7.79. The molecule has 0 spiro atoms. The van der Waals surface area contributed by atoms with Crippen molar-refractivity contribution in [3.8, 4) is 0 Å². The quantitative estimate of drug-likeness (QED) is 0.676. The number of sulfonamides is 1. The minimum atomic E-state index is -3.35. The van der Waals surface area contributed by atoms with E-state index in [1.165, 1.54) is 13.5 Å². The molecule has 1 rings (SSSR count). The number of carbonyl (C=O) groups is 1. The van der Waals surface area contributed by atoms with Crippen LogP contribution in [0, 0.1) is 11.8 Å². The van der Waals surface area contributed by atoms with Gasteiger partial charge in [-0.1, -0.05) is 13.8 Å². The first-order chi connectivity index (χ1) is 10.2. The van der Waals surface area contributed by atoms with Crippen LogP contribution in [0.3, 0.4) is 0 Å². The third-order valence-electron chi connectivity index (χ3n) is 3.88. The van der Waals surface area contributed by atoms with E-state index in [9.17, 15) is 13.2 Å². The van der Waals surface area contributed by atoms with Crippen molar-refractivity contribution in [3.63, 3.8) is 0 Å². The van der Waals surface area contributed by atoms with Crippen LogP contribution in [0.2, 0.25) is 0 Å². The standard InChI is InChI=1S/C15H30N2O4S/c1-12-8-13(2)10-17(9-12)11-14(3)16-22(19,20)7-5-6-15(18)21-4/h12-14,16H,5-11H2,1-4H3/t12-,13-,14-/m1/s1. The normalized spacial score (nSPS) is 24.9. The lowest BCUT2D eigenvalue weighted by atomic mass is 9.92. The molecule has 0 aromatic rings. The highest BCUT2D eigenvalue weighted by atomic mass is 32.2.